The van der Waals surface area contributed by atoms with Crippen molar-refractivity contribution in [1.82, 2.24) is 10.4 Å². The van der Waals surface area contributed by atoms with Crippen LogP contribution >= 0.6 is 0 Å². The van der Waals surface area contributed by atoms with Crippen molar-refractivity contribution in [3.63, 3.8) is 0 Å². The maximum absolute atomic E-state index is 12.2. The van der Waals surface area contributed by atoms with Crippen molar-refractivity contribution in [2.24, 2.45) is 5.10 Å². The van der Waals surface area contributed by atoms with Crippen molar-refractivity contribution in [3.05, 3.63) is 84.2 Å². The second kappa shape index (κ2) is 7.83. The van der Waals surface area contributed by atoms with Gasteiger partial charge in [0, 0.05) is 23.9 Å². The molecule has 0 fully saturated rings. The van der Waals surface area contributed by atoms with Crippen molar-refractivity contribution in [2.75, 3.05) is 5.32 Å². The molecule has 6 heteroatoms. The maximum Gasteiger partial charge on any atom is 0.289 e. The molecule has 124 valence electrons. The number of benzene rings is 1. The number of nitrogens with zero attached hydrogens (tertiary/aromatic N) is 2. The van der Waals surface area contributed by atoms with E-state index in [9.17, 15) is 9.59 Å². The van der Waals surface area contributed by atoms with E-state index in [1.165, 1.54) is 0 Å². The number of amides is 2. The minimum absolute atomic E-state index is 0.181. The molecule has 0 bridgehead atoms. The van der Waals surface area contributed by atoms with Crippen LogP contribution in [-0.4, -0.2) is 22.5 Å². The van der Waals surface area contributed by atoms with E-state index in [1.807, 2.05) is 30.3 Å². The number of carbonyl (C=O) groups excluding carboxylic acids is 2. The molecule has 1 aromatic carbocycles. The Kier molecular flexibility index (Phi) is 5.11. The van der Waals surface area contributed by atoms with Crippen LogP contribution in [0.4, 0.5) is 5.69 Å². The van der Waals surface area contributed by atoms with E-state index in [4.69, 9.17) is 0 Å². The van der Waals surface area contributed by atoms with Gasteiger partial charge in [-0.3, -0.25) is 14.6 Å². The van der Waals surface area contributed by atoms with Gasteiger partial charge in [0.25, 0.3) is 11.8 Å². The summed E-state index contributed by atoms with van der Waals surface area (Å²) < 4.78 is 0. The van der Waals surface area contributed by atoms with Crippen LogP contribution in [0, 0.1) is 0 Å². The Hall–Kier alpha value is -3.54. The number of carbonyl (C=O) groups is 2. The number of hydrazone groups is 1. The van der Waals surface area contributed by atoms with Gasteiger partial charge in [-0.05, 0) is 36.4 Å². The number of aromatic nitrogens is 1. The van der Waals surface area contributed by atoms with Crippen LogP contribution in [0.2, 0.25) is 0 Å². The average molecular weight is 332 g/mol. The second-order valence-corrected chi connectivity index (χ2v) is 5.28. The Morgan fingerprint density at radius 1 is 0.960 bits per heavy atom. The Morgan fingerprint density at radius 3 is 2.44 bits per heavy atom. The van der Waals surface area contributed by atoms with Gasteiger partial charge >= 0.3 is 0 Å². The zero-order valence-corrected chi connectivity index (χ0v) is 13.3. The van der Waals surface area contributed by atoms with Gasteiger partial charge in [-0.25, -0.2) is 5.43 Å². The minimum atomic E-state index is -0.377. The summed E-state index contributed by atoms with van der Waals surface area (Å²) in [6.45, 7) is 0. The first-order valence-corrected chi connectivity index (χ1v) is 7.75. The zero-order chi connectivity index (χ0) is 17.5. The van der Waals surface area contributed by atoms with Gasteiger partial charge < -0.3 is 5.32 Å². The van der Waals surface area contributed by atoms with Crippen LogP contribution in [0.1, 0.15) is 16.9 Å². The zero-order valence-electron chi connectivity index (χ0n) is 13.3. The van der Waals surface area contributed by atoms with Crippen LogP contribution in [-0.2, 0) is 4.79 Å². The minimum Gasteiger partial charge on any atom is -0.322 e. The molecule has 0 saturated heterocycles. The molecule has 0 unspecified atom stereocenters. The lowest BCUT2D eigenvalue weighted by atomic mass is 10.1. The lowest BCUT2D eigenvalue weighted by Crippen LogP contribution is -2.21. The fourth-order valence-electron chi connectivity index (χ4n) is 2.19. The standard InChI is InChI=1S/C19H16N4O2/c24-18(21-15-6-2-1-3-7-15)14-9-11-16(12-10-14)22-23-19(25)17-8-4-5-13-20-17/h1-11,13H,12H2,(H,21,24)(H,23,25)/b22-16-. The van der Waals surface area contributed by atoms with Crippen LogP contribution < -0.4 is 10.7 Å². The van der Waals surface area contributed by atoms with Gasteiger partial charge in [0.2, 0.25) is 0 Å². The lowest BCUT2D eigenvalue weighted by Gasteiger charge is -2.09. The Labute approximate surface area is 145 Å². The predicted molar refractivity (Wildman–Crippen MR) is 96.0 cm³/mol. The molecule has 25 heavy (non-hydrogen) atoms. The first-order valence-electron chi connectivity index (χ1n) is 7.75. The third kappa shape index (κ3) is 4.48. The molecule has 0 radical (unpaired) electrons. The number of anilines is 1. The monoisotopic (exact) mass is 332 g/mol. The van der Waals surface area contributed by atoms with Gasteiger partial charge in [-0.1, -0.05) is 30.3 Å². The van der Waals surface area contributed by atoms with E-state index in [1.54, 1.807) is 42.6 Å². The molecule has 1 aliphatic carbocycles. The normalized spacial score (nSPS) is 14.7. The largest absolute Gasteiger partial charge is 0.322 e. The molecule has 1 heterocycles. The summed E-state index contributed by atoms with van der Waals surface area (Å²) in [6.07, 6.45) is 7.15. The summed E-state index contributed by atoms with van der Waals surface area (Å²) in [5, 5.41) is 6.87. The van der Waals surface area contributed by atoms with Crippen LogP contribution in [0.5, 0.6) is 0 Å². The van der Waals surface area contributed by atoms with E-state index in [0.717, 1.165) is 5.69 Å². The third-order valence-corrected chi connectivity index (χ3v) is 3.48. The summed E-state index contributed by atoms with van der Waals surface area (Å²) in [5.74, 6) is -0.558. The molecule has 2 amide bonds. The fourth-order valence-corrected chi connectivity index (χ4v) is 2.19. The van der Waals surface area contributed by atoms with Gasteiger partial charge in [0.05, 0.1) is 5.71 Å². The van der Waals surface area contributed by atoms with Crippen LogP contribution in [0.15, 0.2) is 83.6 Å². The van der Waals surface area contributed by atoms with E-state index in [-0.39, 0.29) is 11.8 Å². The lowest BCUT2D eigenvalue weighted by molar-refractivity contribution is -0.112. The summed E-state index contributed by atoms with van der Waals surface area (Å²) in [6, 6.07) is 14.3. The van der Waals surface area contributed by atoms with E-state index >= 15 is 0 Å². The molecule has 6 nitrogen and oxygen atoms in total. The Balaban J connectivity index is 1.56. The number of allylic oxidation sites excluding steroid dienone is 2. The average Bonchev–Trinajstić information content (AvgIpc) is 2.68. The molecule has 2 aromatic rings. The Morgan fingerprint density at radius 2 is 1.76 bits per heavy atom. The predicted octanol–water partition coefficient (Wildman–Crippen LogP) is 2.69. The summed E-state index contributed by atoms with van der Waals surface area (Å²) in [4.78, 5) is 28.0. The van der Waals surface area contributed by atoms with Gasteiger partial charge in [-0.15, -0.1) is 0 Å². The number of hydrogen-bond acceptors (Lipinski definition) is 4. The molecular weight excluding hydrogens is 316 g/mol. The highest BCUT2D eigenvalue weighted by Crippen LogP contribution is 2.12. The van der Waals surface area contributed by atoms with Gasteiger partial charge in [-0.2, -0.15) is 5.10 Å². The Bertz CT molecular complexity index is 856. The highest BCUT2D eigenvalue weighted by atomic mass is 16.2. The summed E-state index contributed by atoms with van der Waals surface area (Å²) in [7, 11) is 0. The number of pyridine rings is 1. The van der Waals surface area contributed by atoms with Crippen LogP contribution in [0.25, 0.3) is 0 Å². The first kappa shape index (κ1) is 16.3. The molecule has 0 saturated carbocycles. The maximum atomic E-state index is 12.2. The summed E-state index contributed by atoms with van der Waals surface area (Å²) >= 11 is 0. The SMILES string of the molecule is O=C(Nc1ccccc1)C1=CC/C(=N\NC(=O)c2ccccn2)C=C1. The molecule has 0 spiro atoms. The van der Waals surface area contributed by atoms with E-state index in [0.29, 0.717) is 23.4 Å². The van der Waals surface area contributed by atoms with E-state index < -0.39 is 0 Å². The molecule has 2 N–H and O–H groups in total. The van der Waals surface area contributed by atoms with Crippen molar-refractivity contribution in [1.29, 1.82) is 0 Å². The number of para-hydroxylation sites is 1. The molecule has 3 rings (SSSR count). The number of rotatable bonds is 4. The van der Waals surface area contributed by atoms with E-state index in [2.05, 4.69) is 20.8 Å². The quantitative estimate of drug-likeness (QED) is 0.844. The molecule has 1 aliphatic rings. The first-order chi connectivity index (χ1) is 12.2. The molecule has 1 aromatic heterocycles. The topological polar surface area (TPSA) is 83.5 Å². The van der Waals surface area contributed by atoms with Crippen molar-refractivity contribution in [2.45, 2.75) is 6.42 Å². The van der Waals surface area contributed by atoms with Crippen molar-refractivity contribution < 1.29 is 9.59 Å². The molecule has 0 atom stereocenters. The highest BCUT2D eigenvalue weighted by molar-refractivity contribution is 6.09. The molecular formula is C19H16N4O2. The fraction of sp³-hybridized carbons (Fsp3) is 0.0526. The van der Waals surface area contributed by atoms with Crippen molar-refractivity contribution in [3.8, 4) is 0 Å². The number of hydrogen-bond donors (Lipinski definition) is 2. The highest BCUT2D eigenvalue weighted by Gasteiger charge is 2.11. The molecule has 0 aliphatic heterocycles. The van der Waals surface area contributed by atoms with Gasteiger partial charge in [0.1, 0.15) is 5.69 Å². The third-order valence-electron chi connectivity index (χ3n) is 3.48. The smallest absolute Gasteiger partial charge is 0.289 e. The second-order valence-electron chi connectivity index (χ2n) is 5.28. The van der Waals surface area contributed by atoms with Crippen molar-refractivity contribution >= 4 is 23.2 Å². The summed E-state index contributed by atoms with van der Waals surface area (Å²) in [5.41, 5.74) is 4.70. The number of nitrogens with one attached hydrogen (secondary N) is 2. The van der Waals surface area contributed by atoms with Gasteiger partial charge in [0.15, 0.2) is 0 Å². The van der Waals surface area contributed by atoms with Crippen LogP contribution in [0.3, 0.4) is 0 Å².